The Hall–Kier alpha value is -2.12. The van der Waals surface area contributed by atoms with Crippen LogP contribution in [0.2, 0.25) is 5.02 Å². The van der Waals surface area contributed by atoms with Gasteiger partial charge in [0, 0.05) is 10.6 Å². The first-order valence-corrected chi connectivity index (χ1v) is 8.62. The quantitative estimate of drug-likeness (QED) is 0.760. The zero-order chi connectivity index (χ0) is 17.3. The van der Waals surface area contributed by atoms with Crippen LogP contribution in [0.5, 0.6) is 0 Å². The number of primary amides is 1. The number of hydrogen-bond donors (Lipinski definition) is 3. The Morgan fingerprint density at radius 1 is 1.21 bits per heavy atom. The van der Waals surface area contributed by atoms with Crippen LogP contribution in [0.4, 0.5) is 19.9 Å². The molecular formula is C16H15ClFN3O2S. The molecule has 24 heavy (non-hydrogen) atoms. The van der Waals surface area contributed by atoms with E-state index in [1.165, 1.54) is 23.5 Å². The third-order valence-electron chi connectivity index (χ3n) is 3.82. The first-order valence-electron chi connectivity index (χ1n) is 7.43. The van der Waals surface area contributed by atoms with Crippen LogP contribution >= 0.6 is 22.9 Å². The summed E-state index contributed by atoms with van der Waals surface area (Å²) in [5.74, 6) is -1.11. The summed E-state index contributed by atoms with van der Waals surface area (Å²) in [6.07, 6.45) is 3.74. The second-order valence-corrected chi connectivity index (χ2v) is 7.00. The molecule has 4 N–H and O–H groups in total. The van der Waals surface area contributed by atoms with E-state index in [0.29, 0.717) is 16.3 Å². The van der Waals surface area contributed by atoms with Gasteiger partial charge in [-0.2, -0.15) is 0 Å². The maximum Gasteiger partial charge on any atom is 0.324 e. The minimum absolute atomic E-state index is 0.0859. The Morgan fingerprint density at radius 2 is 1.96 bits per heavy atom. The van der Waals surface area contributed by atoms with Crippen molar-refractivity contribution >= 4 is 45.6 Å². The Kier molecular flexibility index (Phi) is 4.73. The normalized spacial score (nSPS) is 13.2. The maximum atomic E-state index is 13.1. The van der Waals surface area contributed by atoms with E-state index in [1.807, 2.05) is 0 Å². The first-order chi connectivity index (χ1) is 11.5. The number of carbonyl (C=O) groups excluding carboxylic acids is 2. The van der Waals surface area contributed by atoms with Gasteiger partial charge >= 0.3 is 6.03 Å². The smallest absolute Gasteiger partial charge is 0.324 e. The van der Waals surface area contributed by atoms with E-state index < -0.39 is 17.8 Å². The molecule has 0 atom stereocenters. The fraction of sp³-hybridized carbons (Fsp3) is 0.250. The van der Waals surface area contributed by atoms with Crippen molar-refractivity contribution in [3.8, 4) is 0 Å². The number of aryl methyl sites for hydroxylation is 1. The summed E-state index contributed by atoms with van der Waals surface area (Å²) < 4.78 is 13.1. The van der Waals surface area contributed by atoms with Crippen molar-refractivity contribution in [2.75, 3.05) is 10.6 Å². The molecule has 1 aliphatic carbocycles. The molecule has 0 saturated heterocycles. The number of rotatable bonds is 3. The number of amides is 3. The van der Waals surface area contributed by atoms with Gasteiger partial charge in [-0.25, -0.2) is 9.18 Å². The molecule has 1 heterocycles. The molecule has 0 unspecified atom stereocenters. The van der Waals surface area contributed by atoms with Crippen molar-refractivity contribution in [2.24, 2.45) is 5.73 Å². The van der Waals surface area contributed by atoms with Crippen LogP contribution < -0.4 is 16.4 Å². The highest BCUT2D eigenvalue weighted by Gasteiger charge is 2.24. The van der Waals surface area contributed by atoms with Gasteiger partial charge in [0.05, 0.1) is 10.6 Å². The van der Waals surface area contributed by atoms with Crippen LogP contribution in [0.1, 0.15) is 33.6 Å². The van der Waals surface area contributed by atoms with Crippen LogP contribution in [-0.2, 0) is 12.8 Å². The molecule has 3 amide bonds. The predicted octanol–water partition coefficient (Wildman–Crippen LogP) is 4.16. The van der Waals surface area contributed by atoms with Gasteiger partial charge in [0.2, 0.25) is 0 Å². The van der Waals surface area contributed by atoms with Crippen LogP contribution in [0.25, 0.3) is 0 Å². The first kappa shape index (κ1) is 16.7. The van der Waals surface area contributed by atoms with E-state index in [4.69, 9.17) is 17.3 Å². The van der Waals surface area contributed by atoms with Crippen molar-refractivity contribution in [1.29, 1.82) is 0 Å². The van der Waals surface area contributed by atoms with Crippen LogP contribution in [0, 0.1) is 5.82 Å². The van der Waals surface area contributed by atoms with E-state index in [1.54, 1.807) is 0 Å². The number of thiophene rings is 1. The lowest BCUT2D eigenvalue weighted by atomic mass is 9.95. The standard InChI is InChI=1S/C16H15ClFN3O2S/c17-10-7-8(5-6-11(10)18)20-16(23)21-15-13(14(19)22)9-3-1-2-4-12(9)24-15/h5-7H,1-4H2,(H2,19,22)(H2,20,21,23). The molecule has 0 bridgehead atoms. The van der Waals surface area contributed by atoms with Gasteiger partial charge < -0.3 is 11.1 Å². The number of benzene rings is 1. The lowest BCUT2D eigenvalue weighted by molar-refractivity contribution is 0.100. The van der Waals surface area contributed by atoms with Gasteiger partial charge in [0.25, 0.3) is 5.91 Å². The number of halogens is 2. The minimum atomic E-state index is -0.565. The van der Waals surface area contributed by atoms with Gasteiger partial charge in [0.15, 0.2) is 0 Å². The molecule has 0 spiro atoms. The fourth-order valence-electron chi connectivity index (χ4n) is 2.75. The highest BCUT2D eigenvalue weighted by atomic mass is 35.5. The van der Waals surface area contributed by atoms with E-state index in [0.717, 1.165) is 42.2 Å². The third-order valence-corrected chi connectivity index (χ3v) is 5.32. The average Bonchev–Trinajstić information content (AvgIpc) is 2.88. The number of fused-ring (bicyclic) bond motifs is 1. The zero-order valence-electron chi connectivity index (χ0n) is 12.6. The Bertz CT molecular complexity index is 822. The van der Waals surface area contributed by atoms with Crippen molar-refractivity contribution in [2.45, 2.75) is 25.7 Å². The van der Waals surface area contributed by atoms with E-state index in [2.05, 4.69) is 10.6 Å². The molecule has 0 aliphatic heterocycles. The topological polar surface area (TPSA) is 84.2 Å². The van der Waals surface area contributed by atoms with Crippen molar-refractivity contribution < 1.29 is 14.0 Å². The predicted molar refractivity (Wildman–Crippen MR) is 93.5 cm³/mol. The highest BCUT2D eigenvalue weighted by molar-refractivity contribution is 7.17. The van der Waals surface area contributed by atoms with E-state index in [-0.39, 0.29) is 5.02 Å². The Labute approximate surface area is 147 Å². The lowest BCUT2D eigenvalue weighted by Gasteiger charge is -2.11. The van der Waals surface area contributed by atoms with Crippen LogP contribution in [0.3, 0.4) is 0 Å². The van der Waals surface area contributed by atoms with Gasteiger partial charge in [-0.3, -0.25) is 10.1 Å². The third kappa shape index (κ3) is 3.37. The van der Waals surface area contributed by atoms with Crippen LogP contribution in [-0.4, -0.2) is 11.9 Å². The average molecular weight is 368 g/mol. The molecule has 0 fully saturated rings. The monoisotopic (exact) mass is 367 g/mol. The fourth-order valence-corrected chi connectivity index (χ4v) is 4.22. The van der Waals surface area contributed by atoms with Crippen LogP contribution in [0.15, 0.2) is 18.2 Å². The van der Waals surface area contributed by atoms with Gasteiger partial charge in [-0.15, -0.1) is 11.3 Å². The number of urea groups is 1. The largest absolute Gasteiger partial charge is 0.365 e. The lowest BCUT2D eigenvalue weighted by Crippen LogP contribution is -2.22. The summed E-state index contributed by atoms with van der Waals surface area (Å²) >= 11 is 7.06. The Morgan fingerprint density at radius 3 is 2.67 bits per heavy atom. The molecule has 2 aromatic rings. The molecule has 1 aliphatic rings. The molecule has 3 rings (SSSR count). The molecule has 8 heteroatoms. The zero-order valence-corrected chi connectivity index (χ0v) is 14.2. The molecule has 0 saturated carbocycles. The van der Waals surface area contributed by atoms with Gasteiger partial charge in [-0.1, -0.05) is 11.6 Å². The summed E-state index contributed by atoms with van der Waals surface area (Å²) in [7, 11) is 0. The molecule has 1 aromatic carbocycles. The molecule has 5 nitrogen and oxygen atoms in total. The molecular weight excluding hydrogens is 353 g/mol. The van der Waals surface area contributed by atoms with E-state index in [9.17, 15) is 14.0 Å². The molecule has 126 valence electrons. The second kappa shape index (κ2) is 6.78. The number of hydrogen-bond acceptors (Lipinski definition) is 3. The van der Waals surface area contributed by atoms with Crippen molar-refractivity contribution in [3.63, 3.8) is 0 Å². The minimum Gasteiger partial charge on any atom is -0.365 e. The summed E-state index contributed by atoms with van der Waals surface area (Å²) in [6, 6.07) is 3.33. The number of nitrogens with one attached hydrogen (secondary N) is 2. The summed E-state index contributed by atoms with van der Waals surface area (Å²) in [5.41, 5.74) is 7.17. The highest BCUT2D eigenvalue weighted by Crippen LogP contribution is 2.37. The summed E-state index contributed by atoms with van der Waals surface area (Å²) in [5, 5.41) is 5.58. The molecule has 1 aromatic heterocycles. The summed E-state index contributed by atoms with van der Waals surface area (Å²) in [4.78, 5) is 25.0. The van der Waals surface area contributed by atoms with Gasteiger partial charge in [0.1, 0.15) is 10.8 Å². The Balaban J connectivity index is 1.80. The maximum absolute atomic E-state index is 13.1. The van der Waals surface area contributed by atoms with E-state index >= 15 is 0 Å². The van der Waals surface area contributed by atoms with Gasteiger partial charge in [-0.05, 0) is 49.4 Å². The molecule has 0 radical (unpaired) electrons. The number of carbonyl (C=O) groups is 2. The summed E-state index contributed by atoms with van der Waals surface area (Å²) in [6.45, 7) is 0. The number of nitrogens with two attached hydrogens (primary N) is 1. The van der Waals surface area contributed by atoms with Crippen molar-refractivity contribution in [1.82, 2.24) is 0 Å². The van der Waals surface area contributed by atoms with Crippen molar-refractivity contribution in [3.05, 3.63) is 45.0 Å². The SMILES string of the molecule is NC(=O)c1c(NC(=O)Nc2ccc(F)c(Cl)c2)sc2c1CCCC2. The second-order valence-electron chi connectivity index (χ2n) is 5.49. The number of anilines is 2.